The summed E-state index contributed by atoms with van der Waals surface area (Å²) in [5.74, 6) is -0.245. The van der Waals surface area contributed by atoms with E-state index < -0.39 is 6.36 Å². The number of halogens is 3. The summed E-state index contributed by atoms with van der Waals surface area (Å²) in [6, 6.07) is 15.1. The van der Waals surface area contributed by atoms with Crippen LogP contribution in [0.25, 0.3) is 0 Å². The summed E-state index contributed by atoms with van der Waals surface area (Å²) in [5.41, 5.74) is 3.88. The Morgan fingerprint density at radius 2 is 1.75 bits per heavy atom. The number of alkyl halides is 3. The van der Waals surface area contributed by atoms with E-state index >= 15 is 0 Å². The van der Waals surface area contributed by atoms with Crippen LogP contribution in [0.15, 0.2) is 75.7 Å². The molecule has 0 spiro atoms. The van der Waals surface area contributed by atoms with Crippen molar-refractivity contribution in [3.63, 3.8) is 0 Å². The molecule has 3 aromatic rings. The molecule has 1 saturated heterocycles. The van der Waals surface area contributed by atoms with Gasteiger partial charge < -0.3 is 15.2 Å². The second kappa shape index (κ2) is 12.0. The number of hydrazone groups is 1. The number of carbonyl (C=O) groups excluding carboxylic acids is 1. The summed E-state index contributed by atoms with van der Waals surface area (Å²) in [5, 5.41) is 26.7. The van der Waals surface area contributed by atoms with E-state index in [0.29, 0.717) is 27.7 Å². The Labute approximate surface area is 231 Å². The van der Waals surface area contributed by atoms with E-state index in [-0.39, 0.29) is 29.0 Å². The molecule has 1 heterocycles. The molecule has 0 radical (unpaired) electrons. The van der Waals surface area contributed by atoms with E-state index in [2.05, 4.69) is 25.1 Å². The van der Waals surface area contributed by atoms with Gasteiger partial charge in [0.15, 0.2) is 11.0 Å². The highest BCUT2D eigenvalue weighted by Gasteiger charge is 2.31. The number of anilines is 1. The molecule has 0 aromatic heterocycles. The molecule has 1 fully saturated rings. The number of nitrogens with zero attached hydrogens (tertiary/aromatic N) is 4. The number of amidine groups is 2. The Kier molecular flexibility index (Phi) is 8.53. The number of aromatic hydroxyl groups is 1. The normalized spacial score (nSPS) is 15.0. The lowest BCUT2D eigenvalue weighted by atomic mass is 10.1. The number of rotatable bonds is 7. The maximum absolute atomic E-state index is 12.4. The number of carbonyl (C=O) groups is 1. The summed E-state index contributed by atoms with van der Waals surface area (Å²) in [6.07, 6.45) is -1.99. The first kappa shape index (κ1) is 28.4. The van der Waals surface area contributed by atoms with Crippen molar-refractivity contribution in [1.29, 1.82) is 5.41 Å². The van der Waals surface area contributed by atoms with Gasteiger partial charge in [-0.2, -0.15) is 10.1 Å². The van der Waals surface area contributed by atoms with Crippen molar-refractivity contribution < 1.29 is 27.8 Å². The third kappa shape index (κ3) is 7.47. The van der Waals surface area contributed by atoms with Crippen LogP contribution in [0.5, 0.6) is 11.5 Å². The summed E-state index contributed by atoms with van der Waals surface area (Å²) in [7, 11) is 0. The molecule has 4 rings (SSSR count). The van der Waals surface area contributed by atoms with Gasteiger partial charge in [0.1, 0.15) is 11.5 Å². The Balaban J connectivity index is 1.37. The standard InChI is InChI=1S/C27H23F3N6O3S/c1-16-11-21(37)12-17(2)24(16)35-26-36(23(38)14-40-26)34-13-18-3-5-19(6-4-18)25(31)33-15-32-20-7-9-22(10-8-20)39-27(28,29)30/h3-13,15,37H,14H2,1-2H3,(H2,31,32,33)/b34-13+,35-26-. The fraction of sp³-hybridized carbons (Fsp3) is 0.148. The minimum atomic E-state index is -4.76. The van der Waals surface area contributed by atoms with Gasteiger partial charge in [0.05, 0.1) is 24.0 Å². The monoisotopic (exact) mass is 568 g/mol. The number of phenolic OH excluding ortho intramolecular Hbond substituents is 1. The largest absolute Gasteiger partial charge is 0.573 e. The Bertz CT molecular complexity index is 1480. The minimum Gasteiger partial charge on any atom is -0.508 e. The quantitative estimate of drug-likeness (QED) is 0.239. The number of aliphatic imine (C=N–C) groups is 2. The van der Waals surface area contributed by atoms with Gasteiger partial charge in [-0.15, -0.1) is 13.2 Å². The highest BCUT2D eigenvalue weighted by Crippen LogP contribution is 2.31. The lowest BCUT2D eigenvalue weighted by Gasteiger charge is -2.11. The zero-order valence-electron chi connectivity index (χ0n) is 21.2. The topological polar surface area (TPSA) is 123 Å². The van der Waals surface area contributed by atoms with Crippen molar-refractivity contribution in [2.24, 2.45) is 15.1 Å². The molecule has 206 valence electrons. The van der Waals surface area contributed by atoms with Gasteiger partial charge in [0.25, 0.3) is 5.91 Å². The molecule has 0 unspecified atom stereocenters. The zero-order chi connectivity index (χ0) is 28.9. The van der Waals surface area contributed by atoms with Crippen molar-refractivity contribution in [1.82, 2.24) is 5.01 Å². The van der Waals surface area contributed by atoms with Crippen LogP contribution in [0.1, 0.15) is 22.3 Å². The number of aryl methyl sites for hydroxylation is 2. The average molecular weight is 569 g/mol. The first-order valence-corrected chi connectivity index (χ1v) is 12.7. The Morgan fingerprint density at radius 1 is 1.10 bits per heavy atom. The molecule has 9 nitrogen and oxygen atoms in total. The molecular formula is C27H23F3N6O3S. The zero-order valence-corrected chi connectivity index (χ0v) is 22.0. The molecular weight excluding hydrogens is 545 g/mol. The van der Waals surface area contributed by atoms with Gasteiger partial charge in [-0.3, -0.25) is 10.2 Å². The molecule has 1 aliphatic rings. The van der Waals surface area contributed by atoms with Crippen LogP contribution >= 0.6 is 11.8 Å². The minimum absolute atomic E-state index is 0.0480. The number of hydrogen-bond donors (Lipinski definition) is 3. The molecule has 13 heteroatoms. The first-order chi connectivity index (χ1) is 19.0. The van der Waals surface area contributed by atoms with Crippen molar-refractivity contribution in [3.05, 3.63) is 82.9 Å². The second-order valence-electron chi connectivity index (χ2n) is 8.51. The van der Waals surface area contributed by atoms with E-state index in [1.54, 1.807) is 36.4 Å². The molecule has 0 bridgehead atoms. The molecule has 1 amide bonds. The van der Waals surface area contributed by atoms with Crippen molar-refractivity contribution >= 4 is 52.6 Å². The predicted octanol–water partition coefficient (Wildman–Crippen LogP) is 5.97. The van der Waals surface area contributed by atoms with Crippen LogP contribution in [0.4, 0.5) is 24.5 Å². The van der Waals surface area contributed by atoms with Crippen LogP contribution in [-0.2, 0) is 4.79 Å². The summed E-state index contributed by atoms with van der Waals surface area (Å²) < 4.78 is 40.6. The molecule has 3 aromatic carbocycles. The van der Waals surface area contributed by atoms with Gasteiger partial charge in [-0.1, -0.05) is 36.0 Å². The second-order valence-corrected chi connectivity index (χ2v) is 9.45. The van der Waals surface area contributed by atoms with Crippen LogP contribution in [0.2, 0.25) is 0 Å². The summed E-state index contributed by atoms with van der Waals surface area (Å²) in [4.78, 5) is 21.0. The van der Waals surface area contributed by atoms with Gasteiger partial charge in [-0.25, -0.2) is 9.98 Å². The fourth-order valence-corrected chi connectivity index (χ4v) is 4.41. The fourth-order valence-electron chi connectivity index (χ4n) is 3.60. The van der Waals surface area contributed by atoms with Crippen LogP contribution in [0, 0.1) is 19.3 Å². The summed E-state index contributed by atoms with van der Waals surface area (Å²) >= 11 is 1.27. The van der Waals surface area contributed by atoms with E-state index in [1.807, 2.05) is 13.8 Å². The molecule has 0 aliphatic carbocycles. The lowest BCUT2D eigenvalue weighted by molar-refractivity contribution is -0.274. The highest BCUT2D eigenvalue weighted by molar-refractivity contribution is 8.15. The van der Waals surface area contributed by atoms with Crippen molar-refractivity contribution in [3.8, 4) is 11.5 Å². The third-order valence-electron chi connectivity index (χ3n) is 5.44. The molecule has 3 N–H and O–H groups in total. The van der Waals surface area contributed by atoms with E-state index in [0.717, 1.165) is 23.3 Å². The van der Waals surface area contributed by atoms with Gasteiger partial charge >= 0.3 is 6.36 Å². The van der Waals surface area contributed by atoms with Crippen LogP contribution in [0.3, 0.4) is 0 Å². The molecule has 0 atom stereocenters. The number of amides is 1. The maximum Gasteiger partial charge on any atom is 0.573 e. The number of hydrogen-bond acceptors (Lipinski definition) is 7. The number of thioether (sulfide) groups is 1. The third-order valence-corrected chi connectivity index (χ3v) is 6.36. The van der Waals surface area contributed by atoms with E-state index in [9.17, 15) is 23.1 Å². The molecule has 0 saturated carbocycles. The van der Waals surface area contributed by atoms with Crippen LogP contribution < -0.4 is 10.1 Å². The molecule has 40 heavy (non-hydrogen) atoms. The lowest BCUT2D eigenvalue weighted by Crippen LogP contribution is -2.23. The maximum atomic E-state index is 12.4. The van der Waals surface area contributed by atoms with Gasteiger partial charge in [0, 0.05) is 11.3 Å². The van der Waals surface area contributed by atoms with Crippen molar-refractivity contribution in [2.45, 2.75) is 20.2 Å². The number of benzene rings is 3. The number of nitrogens with one attached hydrogen (secondary N) is 2. The number of ether oxygens (including phenoxy) is 1. The van der Waals surface area contributed by atoms with Gasteiger partial charge in [-0.05, 0) is 66.9 Å². The highest BCUT2D eigenvalue weighted by atomic mass is 32.2. The Morgan fingerprint density at radius 3 is 2.38 bits per heavy atom. The van der Waals surface area contributed by atoms with E-state index in [4.69, 9.17) is 5.41 Å². The van der Waals surface area contributed by atoms with E-state index in [1.165, 1.54) is 41.5 Å². The molecule has 1 aliphatic heterocycles. The van der Waals surface area contributed by atoms with Gasteiger partial charge in [0.2, 0.25) is 0 Å². The predicted molar refractivity (Wildman–Crippen MR) is 150 cm³/mol. The summed E-state index contributed by atoms with van der Waals surface area (Å²) in [6.45, 7) is 3.66. The van der Waals surface area contributed by atoms with Crippen molar-refractivity contribution in [2.75, 3.05) is 11.1 Å². The van der Waals surface area contributed by atoms with Crippen LogP contribution in [-0.4, -0.2) is 51.7 Å². The number of phenols is 1. The average Bonchev–Trinajstić information content (AvgIpc) is 3.24. The Hall–Kier alpha value is -4.65. The smallest absolute Gasteiger partial charge is 0.508 e. The first-order valence-electron chi connectivity index (χ1n) is 11.7. The SMILES string of the molecule is Cc1cc(O)cc(C)c1/N=C1\SCC(=O)N1/N=C/c1ccc(C(=N)/N=C\Nc2ccc(OC(F)(F)F)cc2)cc1.